The van der Waals surface area contributed by atoms with Crippen molar-refractivity contribution < 1.29 is 9.84 Å². The smallest absolute Gasteiger partial charge is 0.118 e. The summed E-state index contributed by atoms with van der Waals surface area (Å²) in [5.74, 6) is 0.821. The lowest BCUT2D eigenvalue weighted by molar-refractivity contribution is 0.281. The van der Waals surface area contributed by atoms with E-state index in [0.717, 1.165) is 28.0 Å². The van der Waals surface area contributed by atoms with Crippen LogP contribution in [0.5, 0.6) is 5.75 Å². The highest BCUT2D eigenvalue weighted by atomic mass is 16.5. The Hall–Kier alpha value is -2.06. The fraction of sp³-hybridized carbons (Fsp3) is 0.125. The number of aliphatic hydroxyl groups is 1. The summed E-state index contributed by atoms with van der Waals surface area (Å²) in [5.41, 5.74) is 3.79. The monoisotopic (exact) mass is 240 g/mol. The van der Waals surface area contributed by atoms with Gasteiger partial charge in [0.05, 0.1) is 13.7 Å². The molecule has 0 unspecified atom stereocenters. The van der Waals surface area contributed by atoms with Gasteiger partial charge in [-0.2, -0.15) is 0 Å². The first-order chi connectivity index (χ1) is 8.76. The van der Waals surface area contributed by atoms with Crippen LogP contribution in [-0.4, -0.2) is 12.2 Å². The molecule has 0 aliphatic carbocycles. The highest BCUT2D eigenvalue weighted by Crippen LogP contribution is 2.26. The first-order valence-corrected chi connectivity index (χ1v) is 5.78. The summed E-state index contributed by atoms with van der Waals surface area (Å²) >= 11 is 0. The molecule has 0 aromatic heterocycles. The minimum absolute atomic E-state index is 0.0192. The normalized spacial score (nSPS) is 10.1. The Kier molecular flexibility index (Phi) is 3.80. The number of methoxy groups -OCH3 is 1. The van der Waals surface area contributed by atoms with Crippen molar-refractivity contribution >= 4 is 5.57 Å². The number of ether oxygens (including phenoxy) is 1. The van der Waals surface area contributed by atoms with Gasteiger partial charge in [-0.25, -0.2) is 0 Å². The molecule has 0 aliphatic rings. The lowest BCUT2D eigenvalue weighted by atomic mass is 9.95. The van der Waals surface area contributed by atoms with Gasteiger partial charge >= 0.3 is 0 Å². The van der Waals surface area contributed by atoms with Gasteiger partial charge in [-0.1, -0.05) is 43.0 Å². The van der Waals surface area contributed by atoms with Gasteiger partial charge in [-0.3, -0.25) is 0 Å². The van der Waals surface area contributed by atoms with Crippen LogP contribution in [0.4, 0.5) is 0 Å². The molecule has 0 saturated heterocycles. The average molecular weight is 240 g/mol. The Bertz CT molecular complexity index is 541. The molecule has 0 atom stereocenters. The van der Waals surface area contributed by atoms with Crippen LogP contribution >= 0.6 is 0 Å². The van der Waals surface area contributed by atoms with E-state index in [4.69, 9.17) is 4.74 Å². The first kappa shape index (κ1) is 12.4. The van der Waals surface area contributed by atoms with Gasteiger partial charge in [0, 0.05) is 0 Å². The molecule has 92 valence electrons. The second kappa shape index (κ2) is 5.52. The summed E-state index contributed by atoms with van der Waals surface area (Å²) in [6.45, 7) is 4.13. The maximum atomic E-state index is 9.34. The molecule has 1 N–H and O–H groups in total. The van der Waals surface area contributed by atoms with E-state index in [2.05, 4.69) is 6.58 Å². The van der Waals surface area contributed by atoms with E-state index < -0.39 is 0 Å². The van der Waals surface area contributed by atoms with Crippen LogP contribution in [-0.2, 0) is 6.61 Å². The molecule has 2 aromatic carbocycles. The Morgan fingerprint density at radius 1 is 1.11 bits per heavy atom. The topological polar surface area (TPSA) is 29.5 Å². The summed E-state index contributed by atoms with van der Waals surface area (Å²) in [7, 11) is 1.64. The molecule has 0 bridgehead atoms. The third kappa shape index (κ3) is 2.44. The maximum absolute atomic E-state index is 9.34. The van der Waals surface area contributed by atoms with Crippen molar-refractivity contribution in [1.29, 1.82) is 0 Å². The molecular weight excluding hydrogens is 224 g/mol. The lowest BCUT2D eigenvalue weighted by Gasteiger charge is -2.11. The Morgan fingerprint density at radius 2 is 1.78 bits per heavy atom. The molecule has 0 heterocycles. The van der Waals surface area contributed by atoms with Crippen molar-refractivity contribution in [3.8, 4) is 5.75 Å². The van der Waals surface area contributed by atoms with Gasteiger partial charge in [0.2, 0.25) is 0 Å². The third-order valence-electron chi connectivity index (χ3n) is 2.95. The number of rotatable bonds is 4. The van der Waals surface area contributed by atoms with Gasteiger partial charge in [0.15, 0.2) is 0 Å². The SMILES string of the molecule is C=C(c1ccc(OC)cc1)c1ccccc1CO. The summed E-state index contributed by atoms with van der Waals surface area (Å²) in [6.07, 6.45) is 0. The molecule has 0 aliphatic heterocycles. The van der Waals surface area contributed by atoms with Crippen molar-refractivity contribution in [1.82, 2.24) is 0 Å². The fourth-order valence-corrected chi connectivity index (χ4v) is 1.90. The molecule has 0 saturated carbocycles. The zero-order valence-electron chi connectivity index (χ0n) is 10.4. The zero-order chi connectivity index (χ0) is 13.0. The minimum atomic E-state index is 0.0192. The number of hydrogen-bond donors (Lipinski definition) is 1. The number of hydrogen-bond acceptors (Lipinski definition) is 2. The number of aliphatic hydroxyl groups excluding tert-OH is 1. The van der Waals surface area contributed by atoms with E-state index in [1.54, 1.807) is 7.11 Å². The first-order valence-electron chi connectivity index (χ1n) is 5.78. The molecule has 2 aromatic rings. The fourth-order valence-electron chi connectivity index (χ4n) is 1.90. The summed E-state index contributed by atoms with van der Waals surface area (Å²) in [5, 5.41) is 9.34. The molecule has 0 radical (unpaired) electrons. The highest BCUT2D eigenvalue weighted by Gasteiger charge is 2.06. The third-order valence-corrected chi connectivity index (χ3v) is 2.95. The summed E-state index contributed by atoms with van der Waals surface area (Å²) < 4.78 is 5.13. The van der Waals surface area contributed by atoms with Crippen molar-refractivity contribution in [2.75, 3.05) is 7.11 Å². The predicted octanol–water partition coefficient (Wildman–Crippen LogP) is 3.25. The van der Waals surface area contributed by atoms with Gasteiger partial charge in [-0.05, 0) is 34.4 Å². The molecule has 2 heteroatoms. The maximum Gasteiger partial charge on any atom is 0.118 e. The second-order valence-electron chi connectivity index (χ2n) is 4.02. The van der Waals surface area contributed by atoms with Crippen LogP contribution in [0.3, 0.4) is 0 Å². The van der Waals surface area contributed by atoms with Gasteiger partial charge in [0.1, 0.15) is 5.75 Å². The van der Waals surface area contributed by atoms with Gasteiger partial charge in [0.25, 0.3) is 0 Å². The van der Waals surface area contributed by atoms with Crippen LogP contribution in [0.2, 0.25) is 0 Å². The summed E-state index contributed by atoms with van der Waals surface area (Å²) in [6, 6.07) is 15.5. The van der Waals surface area contributed by atoms with E-state index in [0.29, 0.717) is 0 Å². The summed E-state index contributed by atoms with van der Waals surface area (Å²) in [4.78, 5) is 0. The van der Waals surface area contributed by atoms with Crippen LogP contribution in [0.1, 0.15) is 16.7 Å². The van der Waals surface area contributed by atoms with E-state index in [9.17, 15) is 5.11 Å². The Balaban J connectivity index is 2.35. The second-order valence-corrected chi connectivity index (χ2v) is 4.02. The van der Waals surface area contributed by atoms with Crippen molar-refractivity contribution in [2.45, 2.75) is 6.61 Å². The largest absolute Gasteiger partial charge is 0.497 e. The number of benzene rings is 2. The Morgan fingerprint density at radius 3 is 2.39 bits per heavy atom. The average Bonchev–Trinajstić information content (AvgIpc) is 2.46. The molecule has 0 fully saturated rings. The van der Waals surface area contributed by atoms with E-state index in [1.807, 2.05) is 48.5 Å². The van der Waals surface area contributed by atoms with Crippen LogP contribution < -0.4 is 4.74 Å². The molecular formula is C16H16O2. The molecule has 18 heavy (non-hydrogen) atoms. The minimum Gasteiger partial charge on any atom is -0.497 e. The standard InChI is InChI=1S/C16H16O2/c1-12(13-7-9-15(18-2)10-8-13)16-6-4-3-5-14(16)11-17/h3-10,17H,1,11H2,2H3. The van der Waals surface area contributed by atoms with Gasteiger partial charge in [-0.15, -0.1) is 0 Å². The van der Waals surface area contributed by atoms with E-state index in [1.165, 1.54) is 0 Å². The van der Waals surface area contributed by atoms with Crippen molar-refractivity contribution in [3.05, 3.63) is 71.8 Å². The highest BCUT2D eigenvalue weighted by molar-refractivity contribution is 5.79. The lowest BCUT2D eigenvalue weighted by Crippen LogP contribution is -1.94. The quantitative estimate of drug-likeness (QED) is 0.889. The van der Waals surface area contributed by atoms with E-state index >= 15 is 0 Å². The molecule has 0 amide bonds. The predicted molar refractivity (Wildman–Crippen MR) is 73.5 cm³/mol. The van der Waals surface area contributed by atoms with Crippen molar-refractivity contribution in [3.63, 3.8) is 0 Å². The Labute approximate surface area is 107 Å². The van der Waals surface area contributed by atoms with Crippen LogP contribution in [0.15, 0.2) is 55.1 Å². The van der Waals surface area contributed by atoms with Crippen molar-refractivity contribution in [2.24, 2.45) is 0 Å². The molecule has 2 nitrogen and oxygen atoms in total. The molecule has 0 spiro atoms. The van der Waals surface area contributed by atoms with Gasteiger partial charge < -0.3 is 9.84 Å². The van der Waals surface area contributed by atoms with Crippen LogP contribution in [0, 0.1) is 0 Å². The van der Waals surface area contributed by atoms with E-state index in [-0.39, 0.29) is 6.61 Å². The zero-order valence-corrected chi connectivity index (χ0v) is 10.4. The molecule has 2 rings (SSSR count). The van der Waals surface area contributed by atoms with Crippen LogP contribution in [0.25, 0.3) is 5.57 Å².